The minimum absolute atomic E-state index is 0.632. The fourth-order valence-corrected chi connectivity index (χ4v) is 0.824. The molecule has 0 bridgehead atoms. The van der Waals surface area contributed by atoms with Crippen LogP contribution in [-0.4, -0.2) is 0 Å². The van der Waals surface area contributed by atoms with Crippen LogP contribution in [0.25, 0.3) is 0 Å². The van der Waals surface area contributed by atoms with Gasteiger partial charge in [-0.25, -0.2) is 0 Å². The molecule has 2 nitrogen and oxygen atoms in total. The average Bonchev–Trinajstić information content (AvgIpc) is 2.09. The van der Waals surface area contributed by atoms with Gasteiger partial charge in [0.25, 0.3) is 0 Å². The van der Waals surface area contributed by atoms with E-state index in [0.717, 1.165) is 0 Å². The van der Waals surface area contributed by atoms with Crippen molar-refractivity contribution in [2.24, 2.45) is 0 Å². The molecule has 0 saturated heterocycles. The quantitative estimate of drug-likeness (QED) is 0.634. The zero-order valence-electron chi connectivity index (χ0n) is 6.69. The lowest BCUT2D eigenvalue weighted by Gasteiger charge is -2.05. The molecule has 1 aromatic carbocycles. The Morgan fingerprint density at radius 1 is 0.917 bits per heavy atom. The van der Waals surface area contributed by atoms with Gasteiger partial charge in [-0.05, 0) is 12.1 Å². The standard InChI is InChI=1S/C10H10O2/c1-3-11-9-7-5-6-8-10(9)12-4-2/h3-8H,1-2H2. The summed E-state index contributed by atoms with van der Waals surface area (Å²) in [6.45, 7) is 6.91. The lowest BCUT2D eigenvalue weighted by atomic mass is 10.3. The van der Waals surface area contributed by atoms with Crippen molar-refractivity contribution in [1.29, 1.82) is 0 Å². The third kappa shape index (κ3) is 1.89. The fourth-order valence-electron chi connectivity index (χ4n) is 0.824. The van der Waals surface area contributed by atoms with E-state index in [-0.39, 0.29) is 0 Å². The van der Waals surface area contributed by atoms with Crippen LogP contribution in [0.15, 0.2) is 49.9 Å². The highest BCUT2D eigenvalue weighted by Gasteiger charge is 1.99. The normalized spacial score (nSPS) is 8.67. The Kier molecular flexibility index (Phi) is 2.96. The first-order valence-corrected chi connectivity index (χ1v) is 3.52. The van der Waals surface area contributed by atoms with E-state index in [1.807, 2.05) is 12.1 Å². The van der Waals surface area contributed by atoms with E-state index < -0.39 is 0 Å². The van der Waals surface area contributed by atoms with E-state index in [1.165, 1.54) is 12.5 Å². The number of hydrogen-bond donors (Lipinski definition) is 0. The van der Waals surface area contributed by atoms with Crippen LogP contribution in [0.1, 0.15) is 0 Å². The molecule has 0 aliphatic rings. The summed E-state index contributed by atoms with van der Waals surface area (Å²) < 4.78 is 10.2. The number of benzene rings is 1. The maximum absolute atomic E-state index is 5.08. The van der Waals surface area contributed by atoms with E-state index in [4.69, 9.17) is 9.47 Å². The molecule has 0 spiro atoms. The number of ether oxygens (including phenoxy) is 2. The molecule has 0 N–H and O–H groups in total. The lowest BCUT2D eigenvalue weighted by Crippen LogP contribution is -1.86. The highest BCUT2D eigenvalue weighted by Crippen LogP contribution is 2.26. The van der Waals surface area contributed by atoms with Gasteiger partial charge in [0.15, 0.2) is 11.5 Å². The number of hydrogen-bond acceptors (Lipinski definition) is 2. The molecule has 0 radical (unpaired) electrons. The first kappa shape index (κ1) is 8.40. The predicted molar refractivity (Wildman–Crippen MR) is 48.1 cm³/mol. The topological polar surface area (TPSA) is 18.5 Å². The summed E-state index contributed by atoms with van der Waals surface area (Å²) in [5, 5.41) is 0. The zero-order chi connectivity index (χ0) is 8.81. The Morgan fingerprint density at radius 2 is 1.33 bits per heavy atom. The van der Waals surface area contributed by atoms with Gasteiger partial charge in [0.2, 0.25) is 0 Å². The molecular formula is C10H10O2. The molecule has 0 unspecified atom stereocenters. The van der Waals surface area contributed by atoms with Crippen molar-refractivity contribution < 1.29 is 9.47 Å². The van der Waals surface area contributed by atoms with E-state index in [9.17, 15) is 0 Å². The lowest BCUT2D eigenvalue weighted by molar-refractivity contribution is 0.418. The molecule has 0 aliphatic heterocycles. The molecule has 62 valence electrons. The molecule has 0 atom stereocenters. The monoisotopic (exact) mass is 162 g/mol. The summed E-state index contributed by atoms with van der Waals surface area (Å²) in [5.74, 6) is 1.26. The first-order valence-electron chi connectivity index (χ1n) is 3.52. The molecule has 1 aromatic rings. The Bertz CT molecular complexity index is 250. The molecule has 0 heterocycles. The Balaban J connectivity index is 2.90. The molecule has 12 heavy (non-hydrogen) atoms. The summed E-state index contributed by atoms with van der Waals surface area (Å²) in [7, 11) is 0. The summed E-state index contributed by atoms with van der Waals surface area (Å²) in [6, 6.07) is 7.30. The molecule has 0 amide bonds. The molecule has 2 heteroatoms. The van der Waals surface area contributed by atoms with Crippen molar-refractivity contribution in [3.63, 3.8) is 0 Å². The average molecular weight is 162 g/mol. The van der Waals surface area contributed by atoms with Crippen LogP contribution in [0.3, 0.4) is 0 Å². The zero-order valence-corrected chi connectivity index (χ0v) is 6.69. The van der Waals surface area contributed by atoms with Crippen LogP contribution in [0, 0.1) is 0 Å². The van der Waals surface area contributed by atoms with Crippen LogP contribution < -0.4 is 9.47 Å². The van der Waals surface area contributed by atoms with Gasteiger partial charge < -0.3 is 9.47 Å². The first-order chi connectivity index (χ1) is 5.88. The van der Waals surface area contributed by atoms with Gasteiger partial charge in [0, 0.05) is 0 Å². The molecule has 0 saturated carbocycles. The second-order valence-electron chi connectivity index (χ2n) is 2.02. The van der Waals surface area contributed by atoms with E-state index in [0.29, 0.717) is 11.5 Å². The van der Waals surface area contributed by atoms with Crippen molar-refractivity contribution in [2.75, 3.05) is 0 Å². The molecule has 1 rings (SSSR count). The Hall–Kier alpha value is -1.70. The van der Waals surface area contributed by atoms with E-state index >= 15 is 0 Å². The number of rotatable bonds is 4. The van der Waals surface area contributed by atoms with Crippen molar-refractivity contribution in [3.05, 3.63) is 49.9 Å². The number of para-hydroxylation sites is 2. The molecule has 0 fully saturated rings. The van der Waals surface area contributed by atoms with E-state index in [1.54, 1.807) is 12.1 Å². The second kappa shape index (κ2) is 4.23. The predicted octanol–water partition coefficient (Wildman–Crippen LogP) is 2.73. The van der Waals surface area contributed by atoms with Gasteiger partial charge in [0.1, 0.15) is 0 Å². The summed E-state index contributed by atoms with van der Waals surface area (Å²) in [4.78, 5) is 0. The van der Waals surface area contributed by atoms with Crippen LogP contribution in [0.2, 0.25) is 0 Å². The smallest absolute Gasteiger partial charge is 0.168 e. The van der Waals surface area contributed by atoms with Gasteiger partial charge in [-0.3, -0.25) is 0 Å². The Morgan fingerprint density at radius 3 is 1.67 bits per heavy atom. The van der Waals surface area contributed by atoms with Crippen LogP contribution in [0.4, 0.5) is 0 Å². The van der Waals surface area contributed by atoms with Gasteiger partial charge in [-0.1, -0.05) is 25.3 Å². The second-order valence-corrected chi connectivity index (χ2v) is 2.02. The highest BCUT2D eigenvalue weighted by atomic mass is 16.5. The maximum Gasteiger partial charge on any atom is 0.168 e. The van der Waals surface area contributed by atoms with Gasteiger partial charge in [0.05, 0.1) is 12.5 Å². The fraction of sp³-hybridized carbons (Fsp3) is 0. The summed E-state index contributed by atoms with van der Waals surface area (Å²) in [5.41, 5.74) is 0. The molecular weight excluding hydrogens is 152 g/mol. The third-order valence-electron chi connectivity index (χ3n) is 1.27. The van der Waals surface area contributed by atoms with Gasteiger partial charge in [-0.15, -0.1) is 0 Å². The highest BCUT2D eigenvalue weighted by molar-refractivity contribution is 5.40. The summed E-state index contributed by atoms with van der Waals surface area (Å²) >= 11 is 0. The van der Waals surface area contributed by atoms with Crippen LogP contribution in [-0.2, 0) is 0 Å². The van der Waals surface area contributed by atoms with Crippen LogP contribution in [0.5, 0.6) is 11.5 Å². The maximum atomic E-state index is 5.08. The minimum Gasteiger partial charge on any atom is -0.462 e. The van der Waals surface area contributed by atoms with Gasteiger partial charge in [-0.2, -0.15) is 0 Å². The van der Waals surface area contributed by atoms with E-state index in [2.05, 4.69) is 13.2 Å². The SMILES string of the molecule is C=COc1ccccc1OC=C. The third-order valence-corrected chi connectivity index (χ3v) is 1.27. The Labute approximate surface area is 71.7 Å². The van der Waals surface area contributed by atoms with Crippen molar-refractivity contribution in [1.82, 2.24) is 0 Å². The summed E-state index contributed by atoms with van der Waals surface area (Å²) in [6.07, 6.45) is 2.70. The van der Waals surface area contributed by atoms with Crippen molar-refractivity contribution >= 4 is 0 Å². The van der Waals surface area contributed by atoms with Crippen molar-refractivity contribution in [2.45, 2.75) is 0 Å². The largest absolute Gasteiger partial charge is 0.462 e. The van der Waals surface area contributed by atoms with Gasteiger partial charge >= 0.3 is 0 Å². The van der Waals surface area contributed by atoms with Crippen molar-refractivity contribution in [3.8, 4) is 11.5 Å². The molecule has 0 aromatic heterocycles. The van der Waals surface area contributed by atoms with Crippen LogP contribution >= 0.6 is 0 Å². The minimum atomic E-state index is 0.632. The molecule has 0 aliphatic carbocycles.